The van der Waals surface area contributed by atoms with E-state index in [1.807, 2.05) is 12.1 Å². The maximum atomic E-state index is 14.4. The van der Waals surface area contributed by atoms with Gasteiger partial charge in [-0.05, 0) is 71.7 Å². The maximum absolute atomic E-state index is 14.4. The Morgan fingerprint density at radius 1 is 1.09 bits per heavy atom. The maximum Gasteiger partial charge on any atom is 0.260 e. The molecule has 3 aromatic rings. The van der Waals surface area contributed by atoms with Crippen LogP contribution in [0.4, 0.5) is 10.1 Å². The summed E-state index contributed by atoms with van der Waals surface area (Å²) >= 11 is 6.17. The second-order valence-corrected chi connectivity index (χ2v) is 9.13. The van der Waals surface area contributed by atoms with Crippen LogP contribution in [-0.4, -0.2) is 21.9 Å². The Bertz CT molecular complexity index is 1350. The van der Waals surface area contributed by atoms with Crippen molar-refractivity contribution < 1.29 is 19.1 Å². The first-order valence-electron chi connectivity index (χ1n) is 11.1. The molecule has 2 amide bonds. The normalized spacial score (nSPS) is 23.6. The molecule has 1 saturated heterocycles. The molecule has 7 heteroatoms. The van der Waals surface area contributed by atoms with Crippen LogP contribution in [0.25, 0.3) is 0 Å². The van der Waals surface area contributed by atoms with E-state index in [1.165, 1.54) is 24.3 Å². The number of hydrazine groups is 1. The molecular formula is C28H22ClFN2O3. The van der Waals surface area contributed by atoms with Crippen LogP contribution >= 0.6 is 11.6 Å². The van der Waals surface area contributed by atoms with Gasteiger partial charge in [0.05, 0.1) is 17.0 Å². The predicted molar refractivity (Wildman–Crippen MR) is 132 cm³/mol. The van der Waals surface area contributed by atoms with Gasteiger partial charge in [-0.25, -0.2) is 4.39 Å². The number of hydrogen-bond acceptors (Lipinski definition) is 4. The number of phenolic OH excluding ortho intramolecular Hbond substituents is 1. The van der Waals surface area contributed by atoms with Gasteiger partial charge in [0.15, 0.2) is 0 Å². The van der Waals surface area contributed by atoms with Crippen molar-refractivity contribution >= 4 is 29.1 Å². The van der Waals surface area contributed by atoms with E-state index in [-0.39, 0.29) is 5.75 Å². The third-order valence-electron chi connectivity index (χ3n) is 6.85. The Morgan fingerprint density at radius 3 is 2.46 bits per heavy atom. The van der Waals surface area contributed by atoms with Gasteiger partial charge < -0.3 is 5.11 Å². The smallest absolute Gasteiger partial charge is 0.260 e. The number of anilines is 1. The predicted octanol–water partition coefficient (Wildman–Crippen LogP) is 5.73. The molecule has 2 N–H and O–H groups in total. The van der Waals surface area contributed by atoms with Gasteiger partial charge in [-0.3, -0.25) is 15.0 Å². The van der Waals surface area contributed by atoms with Crippen molar-refractivity contribution in [2.24, 2.45) is 5.92 Å². The number of nitrogens with zero attached hydrogens (tertiary/aromatic N) is 1. The number of halogens is 2. The Balaban J connectivity index is 1.73. The molecule has 0 spiro atoms. The Morgan fingerprint density at radius 2 is 1.80 bits per heavy atom. The summed E-state index contributed by atoms with van der Waals surface area (Å²) in [5.41, 5.74) is 4.08. The molecule has 0 aromatic heterocycles. The fraction of sp³-hybridized carbons (Fsp3) is 0.143. The van der Waals surface area contributed by atoms with Crippen molar-refractivity contribution in [2.75, 3.05) is 5.43 Å². The SMILES string of the molecule is C=CC1=CC[C@H]2C(=O)N(Nc3ccc(F)cc3)C(=O)[C@@]2(c2ccc(Cl)cc2)[C@H]1c1cccc(O)c1. The highest BCUT2D eigenvalue weighted by Gasteiger charge is 2.65. The molecule has 3 aromatic carbocycles. The van der Waals surface area contributed by atoms with E-state index in [2.05, 4.69) is 12.0 Å². The summed E-state index contributed by atoms with van der Waals surface area (Å²) in [5, 5.41) is 11.8. The van der Waals surface area contributed by atoms with Crippen molar-refractivity contribution in [1.82, 2.24) is 5.01 Å². The van der Waals surface area contributed by atoms with Gasteiger partial charge >= 0.3 is 0 Å². The highest BCUT2D eigenvalue weighted by molar-refractivity contribution is 6.30. The zero-order valence-corrected chi connectivity index (χ0v) is 19.4. The molecule has 1 aliphatic carbocycles. The van der Waals surface area contributed by atoms with E-state index in [1.54, 1.807) is 48.5 Å². The molecular weight excluding hydrogens is 467 g/mol. The Kier molecular flexibility index (Phi) is 5.69. The first-order valence-corrected chi connectivity index (χ1v) is 11.5. The molecule has 0 bridgehead atoms. The van der Waals surface area contributed by atoms with Crippen LogP contribution in [-0.2, 0) is 15.0 Å². The van der Waals surface area contributed by atoms with Crippen molar-refractivity contribution in [3.63, 3.8) is 0 Å². The highest BCUT2D eigenvalue weighted by Crippen LogP contribution is 2.57. The summed E-state index contributed by atoms with van der Waals surface area (Å²) in [6, 6.07) is 19.1. The van der Waals surface area contributed by atoms with Crippen LogP contribution in [0.5, 0.6) is 5.75 Å². The molecule has 3 atom stereocenters. The van der Waals surface area contributed by atoms with Crippen LogP contribution in [0.3, 0.4) is 0 Å². The average Bonchev–Trinajstić information content (AvgIpc) is 3.07. The molecule has 0 saturated carbocycles. The number of amides is 2. The zero-order chi connectivity index (χ0) is 24.7. The fourth-order valence-corrected chi connectivity index (χ4v) is 5.49. The van der Waals surface area contributed by atoms with Crippen molar-refractivity contribution in [2.45, 2.75) is 17.8 Å². The van der Waals surface area contributed by atoms with E-state index >= 15 is 0 Å². The highest BCUT2D eigenvalue weighted by atomic mass is 35.5. The number of nitrogens with one attached hydrogen (secondary N) is 1. The summed E-state index contributed by atoms with van der Waals surface area (Å²) in [5.74, 6) is -2.52. The number of fused-ring (bicyclic) bond motifs is 1. The van der Waals surface area contributed by atoms with E-state index in [4.69, 9.17) is 11.6 Å². The average molecular weight is 489 g/mol. The second kappa shape index (κ2) is 8.71. The van der Waals surface area contributed by atoms with Crippen molar-refractivity contribution in [3.8, 4) is 5.75 Å². The molecule has 2 aliphatic rings. The van der Waals surface area contributed by atoms with Crippen LogP contribution in [0.15, 0.2) is 97.1 Å². The van der Waals surface area contributed by atoms with Crippen LogP contribution in [0.2, 0.25) is 5.02 Å². The molecule has 1 aliphatic heterocycles. The lowest BCUT2D eigenvalue weighted by Crippen LogP contribution is -2.48. The third kappa shape index (κ3) is 3.61. The van der Waals surface area contributed by atoms with E-state index in [0.717, 1.165) is 10.6 Å². The molecule has 35 heavy (non-hydrogen) atoms. The van der Waals surface area contributed by atoms with Crippen LogP contribution in [0, 0.1) is 11.7 Å². The first-order chi connectivity index (χ1) is 16.9. The summed E-state index contributed by atoms with van der Waals surface area (Å²) in [6.07, 6.45) is 3.94. The number of carbonyl (C=O) groups excluding carboxylic acids is 2. The molecule has 1 fully saturated rings. The van der Waals surface area contributed by atoms with Crippen molar-refractivity contribution in [1.29, 1.82) is 0 Å². The molecule has 5 rings (SSSR count). The molecule has 0 radical (unpaired) electrons. The van der Waals surface area contributed by atoms with Gasteiger partial charge in [-0.15, -0.1) is 0 Å². The fourth-order valence-electron chi connectivity index (χ4n) is 5.37. The van der Waals surface area contributed by atoms with Crippen LogP contribution < -0.4 is 5.43 Å². The molecule has 0 unspecified atom stereocenters. The summed E-state index contributed by atoms with van der Waals surface area (Å²) in [7, 11) is 0. The lowest BCUT2D eigenvalue weighted by molar-refractivity contribution is -0.138. The van der Waals surface area contributed by atoms with E-state index < -0.39 is 34.9 Å². The minimum Gasteiger partial charge on any atom is -0.508 e. The minimum absolute atomic E-state index is 0.0531. The third-order valence-corrected chi connectivity index (χ3v) is 7.10. The number of hydrogen-bond donors (Lipinski definition) is 2. The quantitative estimate of drug-likeness (QED) is 0.450. The number of phenols is 1. The minimum atomic E-state index is -1.32. The van der Waals surface area contributed by atoms with E-state index in [0.29, 0.717) is 28.3 Å². The van der Waals surface area contributed by atoms with Gasteiger partial charge in [0.25, 0.3) is 11.8 Å². The standard InChI is InChI=1S/C28H22ClFN2O3/c1-2-17-6-15-24-26(34)32(31-22-13-11-21(30)12-14-22)27(35)28(24,19-7-9-20(29)10-8-19)25(17)18-4-3-5-23(33)16-18/h2-14,16,24-25,31,33H,1,15H2/t24-,25+,28+/m0/s1. The molecule has 5 nitrogen and oxygen atoms in total. The van der Waals surface area contributed by atoms with Crippen molar-refractivity contribution in [3.05, 3.63) is 119 Å². The van der Waals surface area contributed by atoms with Gasteiger partial charge in [-0.1, -0.05) is 54.6 Å². The summed E-state index contributed by atoms with van der Waals surface area (Å²) in [6.45, 7) is 3.96. The number of benzene rings is 3. The number of carbonyl (C=O) groups is 2. The van der Waals surface area contributed by atoms with Gasteiger partial charge in [0.1, 0.15) is 11.6 Å². The number of rotatable bonds is 5. The van der Waals surface area contributed by atoms with Gasteiger partial charge in [-0.2, -0.15) is 5.01 Å². The number of allylic oxidation sites excluding steroid dienone is 3. The topological polar surface area (TPSA) is 69.6 Å². The second-order valence-electron chi connectivity index (χ2n) is 8.70. The van der Waals surface area contributed by atoms with Crippen LogP contribution in [0.1, 0.15) is 23.5 Å². The zero-order valence-electron chi connectivity index (χ0n) is 18.6. The molecule has 1 heterocycles. The summed E-state index contributed by atoms with van der Waals surface area (Å²) < 4.78 is 13.4. The Hall–Kier alpha value is -3.90. The number of aromatic hydroxyl groups is 1. The first kappa shape index (κ1) is 22.9. The monoisotopic (exact) mass is 488 g/mol. The molecule has 176 valence electrons. The number of imide groups is 1. The Labute approximate surface area is 207 Å². The lowest BCUT2D eigenvalue weighted by atomic mass is 9.56. The van der Waals surface area contributed by atoms with E-state index in [9.17, 15) is 19.1 Å². The lowest BCUT2D eigenvalue weighted by Gasteiger charge is -2.43. The van der Waals surface area contributed by atoms with Gasteiger partial charge in [0, 0.05) is 10.9 Å². The summed E-state index contributed by atoms with van der Waals surface area (Å²) in [4.78, 5) is 28.1. The largest absolute Gasteiger partial charge is 0.508 e. The van der Waals surface area contributed by atoms with Gasteiger partial charge in [0.2, 0.25) is 0 Å².